The van der Waals surface area contributed by atoms with Gasteiger partial charge in [0.2, 0.25) is 0 Å². The van der Waals surface area contributed by atoms with Gasteiger partial charge in [0.15, 0.2) is 0 Å². The zero-order chi connectivity index (χ0) is 17.4. The molecule has 2 aromatic rings. The maximum atomic E-state index is 13.1. The fourth-order valence-electron chi connectivity index (χ4n) is 4.51. The highest BCUT2D eigenvalue weighted by Gasteiger charge is 2.50. The molecule has 1 aliphatic carbocycles. The Bertz CT molecular complexity index is 766. The summed E-state index contributed by atoms with van der Waals surface area (Å²) in [5, 5.41) is 8.37. The minimum atomic E-state index is -0.432. The van der Waals surface area contributed by atoms with Crippen molar-refractivity contribution in [2.24, 2.45) is 12.5 Å². The number of aryl methyl sites for hydroxylation is 1. The summed E-state index contributed by atoms with van der Waals surface area (Å²) in [4.78, 5) is 18.7. The second-order valence-corrected chi connectivity index (χ2v) is 7.32. The van der Waals surface area contributed by atoms with Crippen molar-refractivity contribution in [3.05, 3.63) is 42.0 Å². The molecule has 4 rings (SSSR count). The van der Waals surface area contributed by atoms with E-state index < -0.39 is 5.82 Å². The molecule has 0 N–H and O–H groups in total. The van der Waals surface area contributed by atoms with Crippen LogP contribution in [-0.4, -0.2) is 43.6 Å². The lowest BCUT2D eigenvalue weighted by Gasteiger charge is -2.37. The summed E-state index contributed by atoms with van der Waals surface area (Å²) in [5.74, 6) is 0.572. The van der Waals surface area contributed by atoms with Crippen LogP contribution in [0, 0.1) is 11.2 Å². The Morgan fingerprint density at radius 2 is 2.08 bits per heavy atom. The van der Waals surface area contributed by atoms with Gasteiger partial charge in [-0.3, -0.25) is 4.79 Å². The molecule has 0 bridgehead atoms. The van der Waals surface area contributed by atoms with Crippen LogP contribution in [0.15, 0.2) is 24.7 Å². The highest BCUT2D eigenvalue weighted by molar-refractivity contribution is 5.92. The van der Waals surface area contributed by atoms with Gasteiger partial charge in [0, 0.05) is 26.1 Å². The van der Waals surface area contributed by atoms with Crippen LogP contribution in [0.4, 0.5) is 4.39 Å². The van der Waals surface area contributed by atoms with Crippen molar-refractivity contribution >= 4 is 5.91 Å². The fraction of sp³-hybridized carbons (Fsp3) is 0.556. The van der Waals surface area contributed by atoms with Gasteiger partial charge in [0.1, 0.15) is 23.7 Å². The van der Waals surface area contributed by atoms with Crippen molar-refractivity contribution in [1.82, 2.24) is 24.6 Å². The maximum absolute atomic E-state index is 13.1. The molecule has 1 aliphatic heterocycles. The van der Waals surface area contributed by atoms with E-state index in [1.807, 2.05) is 16.5 Å². The minimum Gasteiger partial charge on any atom is -0.336 e. The number of carbonyl (C=O) groups is 1. The van der Waals surface area contributed by atoms with Gasteiger partial charge in [-0.25, -0.2) is 9.37 Å². The van der Waals surface area contributed by atoms with Gasteiger partial charge in [0.25, 0.3) is 5.91 Å². The molecule has 1 unspecified atom stereocenters. The normalized spacial score (nSPS) is 22.5. The minimum absolute atomic E-state index is 0.0642. The molecular weight excluding hydrogens is 321 g/mol. The lowest BCUT2D eigenvalue weighted by molar-refractivity contribution is 0.0752. The molecule has 6 nitrogen and oxygen atoms in total. The molecule has 0 aromatic carbocycles. The average Bonchev–Trinajstić information content (AvgIpc) is 3.19. The number of likely N-dealkylation sites (tertiary alicyclic amines) is 1. The lowest BCUT2D eigenvalue weighted by atomic mass is 9.67. The Balaban J connectivity index is 1.64. The fourth-order valence-corrected chi connectivity index (χ4v) is 4.51. The van der Waals surface area contributed by atoms with Gasteiger partial charge in [-0.15, -0.1) is 10.2 Å². The van der Waals surface area contributed by atoms with E-state index in [-0.39, 0.29) is 17.2 Å². The van der Waals surface area contributed by atoms with Gasteiger partial charge in [-0.1, -0.05) is 19.3 Å². The van der Waals surface area contributed by atoms with Gasteiger partial charge in [0.05, 0.1) is 6.20 Å². The lowest BCUT2D eigenvalue weighted by Crippen LogP contribution is -2.34. The largest absolute Gasteiger partial charge is 0.336 e. The summed E-state index contributed by atoms with van der Waals surface area (Å²) in [5.41, 5.74) is 0.361. The number of rotatable bonds is 2. The molecule has 7 heteroatoms. The highest BCUT2D eigenvalue weighted by Crippen LogP contribution is 2.51. The Hall–Kier alpha value is -2.31. The second-order valence-electron chi connectivity index (χ2n) is 7.32. The summed E-state index contributed by atoms with van der Waals surface area (Å²) < 4.78 is 15.1. The molecule has 1 amide bonds. The van der Waals surface area contributed by atoms with E-state index in [0.717, 1.165) is 24.9 Å². The molecule has 132 valence electrons. The third-order valence-electron chi connectivity index (χ3n) is 5.79. The first-order valence-electron chi connectivity index (χ1n) is 8.84. The predicted molar refractivity (Wildman–Crippen MR) is 89.4 cm³/mol. The molecule has 3 heterocycles. The van der Waals surface area contributed by atoms with Gasteiger partial charge < -0.3 is 9.47 Å². The van der Waals surface area contributed by atoms with Crippen LogP contribution < -0.4 is 0 Å². The molecule has 0 radical (unpaired) electrons. The van der Waals surface area contributed by atoms with E-state index >= 15 is 0 Å². The molecule has 2 aliphatic rings. The number of nitrogens with zero attached hydrogens (tertiary/aromatic N) is 5. The van der Waals surface area contributed by atoms with Crippen LogP contribution in [0.5, 0.6) is 0 Å². The monoisotopic (exact) mass is 343 g/mol. The van der Waals surface area contributed by atoms with E-state index in [2.05, 4.69) is 15.2 Å². The van der Waals surface area contributed by atoms with Gasteiger partial charge in [-0.05, 0) is 30.4 Å². The number of pyridine rings is 1. The molecular formula is C18H22FN5O. The molecule has 1 spiro atoms. The average molecular weight is 343 g/mol. The standard InChI is InChI=1S/C18H22FN5O/c1-23-12-21-22-16(23)14-10-24(11-18(14)7-3-2-4-8-18)17(25)15-6-5-13(19)9-20-15/h5-6,9,12,14H,2-4,7-8,10-11H2,1H3. The van der Waals surface area contributed by atoms with Crippen molar-refractivity contribution in [3.63, 3.8) is 0 Å². The number of halogens is 1. The van der Waals surface area contributed by atoms with Crippen molar-refractivity contribution in [2.75, 3.05) is 13.1 Å². The van der Waals surface area contributed by atoms with E-state index in [1.54, 1.807) is 6.33 Å². The maximum Gasteiger partial charge on any atom is 0.272 e. The van der Waals surface area contributed by atoms with Gasteiger partial charge >= 0.3 is 0 Å². The molecule has 1 atom stereocenters. The van der Waals surface area contributed by atoms with E-state index in [4.69, 9.17) is 0 Å². The molecule has 1 saturated carbocycles. The molecule has 25 heavy (non-hydrogen) atoms. The first-order valence-corrected chi connectivity index (χ1v) is 8.84. The van der Waals surface area contributed by atoms with E-state index in [0.29, 0.717) is 18.8 Å². The van der Waals surface area contributed by atoms with Crippen LogP contribution in [0.3, 0.4) is 0 Å². The number of amides is 1. The van der Waals surface area contributed by atoms with Crippen molar-refractivity contribution in [1.29, 1.82) is 0 Å². The van der Waals surface area contributed by atoms with Crippen LogP contribution in [0.2, 0.25) is 0 Å². The third-order valence-corrected chi connectivity index (χ3v) is 5.79. The van der Waals surface area contributed by atoms with E-state index in [9.17, 15) is 9.18 Å². The third kappa shape index (κ3) is 2.81. The number of hydrogen-bond acceptors (Lipinski definition) is 4. The smallest absolute Gasteiger partial charge is 0.272 e. The first kappa shape index (κ1) is 16.2. The van der Waals surface area contributed by atoms with Crippen LogP contribution in [-0.2, 0) is 7.05 Å². The molecule has 2 aromatic heterocycles. The van der Waals surface area contributed by atoms with E-state index in [1.165, 1.54) is 31.4 Å². The number of aromatic nitrogens is 4. The van der Waals surface area contributed by atoms with Crippen LogP contribution >= 0.6 is 0 Å². The summed E-state index contributed by atoms with van der Waals surface area (Å²) in [7, 11) is 1.96. The Labute approximate surface area is 146 Å². The van der Waals surface area contributed by atoms with Crippen molar-refractivity contribution in [3.8, 4) is 0 Å². The zero-order valence-corrected chi connectivity index (χ0v) is 14.4. The second kappa shape index (κ2) is 6.20. The van der Waals surface area contributed by atoms with Gasteiger partial charge in [-0.2, -0.15) is 0 Å². The number of hydrogen-bond donors (Lipinski definition) is 0. The Kier molecular flexibility index (Phi) is 4.01. The highest BCUT2D eigenvalue weighted by atomic mass is 19.1. The van der Waals surface area contributed by atoms with Crippen molar-refractivity contribution in [2.45, 2.75) is 38.0 Å². The molecule has 1 saturated heterocycles. The first-order chi connectivity index (χ1) is 12.1. The quantitative estimate of drug-likeness (QED) is 0.841. The predicted octanol–water partition coefficient (Wildman–Crippen LogP) is 2.54. The SMILES string of the molecule is Cn1cnnc1C1CN(C(=O)c2ccc(F)cn2)CC12CCCCC2. The molecule has 2 fully saturated rings. The number of carbonyl (C=O) groups excluding carboxylic acids is 1. The van der Waals surface area contributed by atoms with Crippen molar-refractivity contribution < 1.29 is 9.18 Å². The Morgan fingerprint density at radius 3 is 2.72 bits per heavy atom. The van der Waals surface area contributed by atoms with Crippen LogP contribution in [0.1, 0.15) is 54.3 Å². The summed E-state index contributed by atoms with van der Waals surface area (Å²) in [6.45, 7) is 1.33. The summed E-state index contributed by atoms with van der Waals surface area (Å²) >= 11 is 0. The summed E-state index contributed by atoms with van der Waals surface area (Å²) in [6, 6.07) is 2.74. The summed E-state index contributed by atoms with van der Waals surface area (Å²) in [6.07, 6.45) is 8.64. The Morgan fingerprint density at radius 1 is 1.28 bits per heavy atom. The van der Waals surface area contributed by atoms with Crippen LogP contribution in [0.25, 0.3) is 0 Å². The zero-order valence-electron chi connectivity index (χ0n) is 14.4. The topological polar surface area (TPSA) is 63.9 Å².